The molecule has 1 saturated carbocycles. The maximum Gasteiger partial charge on any atom is 0.256 e. The van der Waals surface area contributed by atoms with Gasteiger partial charge in [0.2, 0.25) is 11.8 Å². The second-order valence-corrected chi connectivity index (χ2v) is 8.74. The van der Waals surface area contributed by atoms with E-state index in [0.29, 0.717) is 42.3 Å². The fraction of sp³-hybridized carbons (Fsp3) is 0.417. The van der Waals surface area contributed by atoms with Crippen LogP contribution in [0.5, 0.6) is 5.88 Å². The number of ether oxygens (including phenoxy) is 1. The van der Waals surface area contributed by atoms with Crippen LogP contribution in [0.25, 0.3) is 11.3 Å². The molecule has 0 N–H and O–H groups in total. The van der Waals surface area contributed by atoms with Crippen molar-refractivity contribution in [1.29, 1.82) is 0 Å². The molecule has 5 rings (SSSR count). The molecule has 0 radical (unpaired) electrons. The van der Waals surface area contributed by atoms with Gasteiger partial charge in [0.15, 0.2) is 0 Å². The predicted molar refractivity (Wildman–Crippen MR) is 115 cm³/mol. The standard InChI is InChI=1S/C24H24F2N4O3/c1-14-3-4-16(10-27-14)22-20(15(2)33-29-22)13-32-21-9-17-12-30(23(31)19(17)11-28-21)18-5-7-24(25,26)8-6-18/h3-4,9-11,18H,5-8,12-13H2,1-2H3. The molecule has 0 aromatic carbocycles. The topological polar surface area (TPSA) is 81.3 Å². The van der Waals surface area contributed by atoms with E-state index in [1.165, 1.54) is 6.20 Å². The number of hydrogen-bond donors (Lipinski definition) is 0. The van der Waals surface area contributed by atoms with Crippen LogP contribution in [0.1, 0.15) is 58.6 Å². The zero-order valence-electron chi connectivity index (χ0n) is 18.5. The Labute approximate surface area is 189 Å². The summed E-state index contributed by atoms with van der Waals surface area (Å²) in [5.41, 5.74) is 4.50. The number of alkyl halides is 2. The van der Waals surface area contributed by atoms with E-state index in [1.54, 1.807) is 17.2 Å². The van der Waals surface area contributed by atoms with Crippen molar-refractivity contribution in [3.63, 3.8) is 0 Å². The summed E-state index contributed by atoms with van der Waals surface area (Å²) in [6, 6.07) is 5.42. The summed E-state index contributed by atoms with van der Waals surface area (Å²) in [7, 11) is 0. The molecule has 1 aliphatic heterocycles. The largest absolute Gasteiger partial charge is 0.473 e. The number of carbonyl (C=O) groups is 1. The van der Waals surface area contributed by atoms with Crippen LogP contribution in [0.15, 0.2) is 35.1 Å². The molecule has 0 unspecified atom stereocenters. The molecule has 1 fully saturated rings. The smallest absolute Gasteiger partial charge is 0.256 e. The number of nitrogens with zero attached hydrogens (tertiary/aromatic N) is 4. The van der Waals surface area contributed by atoms with Crippen molar-refractivity contribution in [2.75, 3.05) is 0 Å². The first-order valence-corrected chi connectivity index (χ1v) is 11.0. The summed E-state index contributed by atoms with van der Waals surface area (Å²) in [5.74, 6) is -1.75. The molecule has 1 amide bonds. The van der Waals surface area contributed by atoms with E-state index >= 15 is 0 Å². The molecule has 3 aromatic rings. The molecule has 1 aliphatic carbocycles. The van der Waals surface area contributed by atoms with Crippen LogP contribution in [0, 0.1) is 13.8 Å². The second kappa shape index (κ2) is 8.20. The summed E-state index contributed by atoms with van der Waals surface area (Å²) in [6.07, 6.45) is 3.52. The SMILES string of the molecule is Cc1ccc(-c2noc(C)c2COc2cc3c(cn2)C(=O)N(C2CCC(F)(F)CC2)C3)cn1. The number of hydrogen-bond acceptors (Lipinski definition) is 6. The van der Waals surface area contributed by atoms with Gasteiger partial charge in [0, 0.05) is 55.1 Å². The average Bonchev–Trinajstić information content (AvgIpc) is 3.32. The Kier molecular flexibility index (Phi) is 5.34. The van der Waals surface area contributed by atoms with E-state index in [2.05, 4.69) is 15.1 Å². The zero-order valence-corrected chi connectivity index (χ0v) is 18.5. The van der Waals surface area contributed by atoms with E-state index in [4.69, 9.17) is 9.26 Å². The molecule has 33 heavy (non-hydrogen) atoms. The van der Waals surface area contributed by atoms with Crippen molar-refractivity contribution >= 4 is 5.91 Å². The number of aromatic nitrogens is 3. The predicted octanol–water partition coefficient (Wildman–Crippen LogP) is 4.86. The van der Waals surface area contributed by atoms with Gasteiger partial charge in [-0.25, -0.2) is 13.8 Å². The van der Waals surface area contributed by atoms with Gasteiger partial charge in [-0.3, -0.25) is 9.78 Å². The second-order valence-electron chi connectivity index (χ2n) is 8.74. The van der Waals surface area contributed by atoms with Crippen molar-refractivity contribution in [3.8, 4) is 17.1 Å². The highest BCUT2D eigenvalue weighted by atomic mass is 19.3. The van der Waals surface area contributed by atoms with Gasteiger partial charge in [0.25, 0.3) is 5.91 Å². The lowest BCUT2D eigenvalue weighted by molar-refractivity contribution is -0.0510. The Balaban J connectivity index is 1.29. The van der Waals surface area contributed by atoms with Gasteiger partial charge in [-0.15, -0.1) is 0 Å². The molecule has 2 aliphatic rings. The highest BCUT2D eigenvalue weighted by molar-refractivity contribution is 5.98. The minimum atomic E-state index is -2.62. The Bertz CT molecular complexity index is 1180. The third kappa shape index (κ3) is 4.19. The number of pyridine rings is 2. The highest BCUT2D eigenvalue weighted by Gasteiger charge is 2.40. The summed E-state index contributed by atoms with van der Waals surface area (Å²) >= 11 is 0. The van der Waals surface area contributed by atoms with Crippen LogP contribution in [0.3, 0.4) is 0 Å². The number of carbonyl (C=O) groups excluding carboxylic acids is 1. The molecular formula is C24H24F2N4O3. The van der Waals surface area contributed by atoms with E-state index in [0.717, 1.165) is 22.4 Å². The Morgan fingerprint density at radius 2 is 1.97 bits per heavy atom. The Hall–Kier alpha value is -3.36. The maximum atomic E-state index is 13.5. The molecular weight excluding hydrogens is 430 g/mol. The molecule has 0 saturated heterocycles. The monoisotopic (exact) mass is 454 g/mol. The minimum absolute atomic E-state index is 0.150. The normalized spacial score (nSPS) is 17.9. The van der Waals surface area contributed by atoms with Gasteiger partial charge >= 0.3 is 0 Å². The van der Waals surface area contributed by atoms with Gasteiger partial charge in [-0.2, -0.15) is 0 Å². The number of aryl methyl sites for hydroxylation is 2. The molecule has 172 valence electrons. The van der Waals surface area contributed by atoms with Crippen LogP contribution in [0.2, 0.25) is 0 Å². The first-order valence-electron chi connectivity index (χ1n) is 11.0. The van der Waals surface area contributed by atoms with Crippen LogP contribution < -0.4 is 4.74 Å². The van der Waals surface area contributed by atoms with Crippen molar-refractivity contribution in [1.82, 2.24) is 20.0 Å². The Morgan fingerprint density at radius 1 is 1.18 bits per heavy atom. The van der Waals surface area contributed by atoms with Crippen LogP contribution in [-0.4, -0.2) is 37.9 Å². The third-order valence-electron chi connectivity index (χ3n) is 6.46. The maximum absolute atomic E-state index is 13.5. The number of rotatable bonds is 5. The number of amides is 1. The van der Waals surface area contributed by atoms with Crippen molar-refractivity contribution in [3.05, 3.63) is 58.7 Å². The fourth-order valence-corrected chi connectivity index (χ4v) is 4.46. The van der Waals surface area contributed by atoms with Crippen LogP contribution in [-0.2, 0) is 13.2 Å². The van der Waals surface area contributed by atoms with Gasteiger partial charge in [-0.1, -0.05) is 5.16 Å². The Morgan fingerprint density at radius 3 is 2.70 bits per heavy atom. The quantitative estimate of drug-likeness (QED) is 0.548. The molecule has 3 aromatic heterocycles. The van der Waals surface area contributed by atoms with Gasteiger partial charge in [-0.05, 0) is 44.4 Å². The number of halogens is 2. The summed E-state index contributed by atoms with van der Waals surface area (Å²) < 4.78 is 38.3. The lowest BCUT2D eigenvalue weighted by Gasteiger charge is -2.34. The fourth-order valence-electron chi connectivity index (χ4n) is 4.46. The molecule has 4 heterocycles. The summed E-state index contributed by atoms with van der Waals surface area (Å²) in [6.45, 7) is 4.31. The number of fused-ring (bicyclic) bond motifs is 1. The minimum Gasteiger partial charge on any atom is -0.473 e. The van der Waals surface area contributed by atoms with E-state index in [9.17, 15) is 13.6 Å². The lowest BCUT2D eigenvalue weighted by Crippen LogP contribution is -2.40. The van der Waals surface area contributed by atoms with Crippen molar-refractivity contribution in [2.24, 2.45) is 0 Å². The van der Waals surface area contributed by atoms with Crippen molar-refractivity contribution in [2.45, 2.75) is 64.6 Å². The summed E-state index contributed by atoms with van der Waals surface area (Å²) in [5, 5.41) is 4.15. The average molecular weight is 454 g/mol. The third-order valence-corrected chi connectivity index (χ3v) is 6.46. The van der Waals surface area contributed by atoms with Gasteiger partial charge in [0.05, 0.1) is 11.1 Å². The lowest BCUT2D eigenvalue weighted by atomic mass is 9.91. The van der Waals surface area contributed by atoms with Crippen LogP contribution >= 0.6 is 0 Å². The molecule has 9 heteroatoms. The summed E-state index contributed by atoms with van der Waals surface area (Å²) in [4.78, 5) is 23.1. The molecule has 0 bridgehead atoms. The molecule has 0 spiro atoms. The van der Waals surface area contributed by atoms with E-state index < -0.39 is 5.92 Å². The van der Waals surface area contributed by atoms with Crippen molar-refractivity contribution < 1.29 is 22.8 Å². The molecule has 0 atom stereocenters. The van der Waals surface area contributed by atoms with Crippen LogP contribution in [0.4, 0.5) is 8.78 Å². The van der Waals surface area contributed by atoms with E-state index in [1.807, 2.05) is 26.0 Å². The van der Waals surface area contributed by atoms with E-state index in [-0.39, 0.29) is 31.4 Å². The molecule has 7 nitrogen and oxygen atoms in total. The highest BCUT2D eigenvalue weighted by Crippen LogP contribution is 2.38. The first-order chi connectivity index (χ1) is 15.8. The van der Waals surface area contributed by atoms with Gasteiger partial charge in [0.1, 0.15) is 18.1 Å². The zero-order chi connectivity index (χ0) is 23.2. The first kappa shape index (κ1) is 21.5. The van der Waals surface area contributed by atoms with Gasteiger partial charge < -0.3 is 14.2 Å².